The normalized spacial score (nSPS) is 14.3. The summed E-state index contributed by atoms with van der Waals surface area (Å²) in [6, 6.07) is 16.3. The van der Waals surface area contributed by atoms with Crippen molar-refractivity contribution in [2.24, 2.45) is 4.99 Å². The summed E-state index contributed by atoms with van der Waals surface area (Å²) >= 11 is 0. The molecule has 7 heteroatoms. The molecule has 1 fully saturated rings. The van der Waals surface area contributed by atoms with Crippen molar-refractivity contribution in [3.05, 3.63) is 54.1 Å². The van der Waals surface area contributed by atoms with E-state index in [0.717, 1.165) is 49.2 Å². The van der Waals surface area contributed by atoms with Crippen molar-refractivity contribution in [1.82, 2.24) is 10.2 Å². The lowest BCUT2D eigenvalue weighted by atomic mass is 10.2. The molecule has 0 radical (unpaired) electrons. The largest absolute Gasteiger partial charge is 0.497 e. The number of piperazine rings is 1. The van der Waals surface area contributed by atoms with Crippen molar-refractivity contribution >= 4 is 35.6 Å². The van der Waals surface area contributed by atoms with Crippen LogP contribution in [0.2, 0.25) is 0 Å². The van der Waals surface area contributed by atoms with Gasteiger partial charge in [-0.05, 0) is 30.3 Å². The Morgan fingerprint density at radius 3 is 2.25 bits per heavy atom. The molecule has 0 bridgehead atoms. The first-order valence-electron chi connectivity index (χ1n) is 9.21. The molecule has 1 heterocycles. The van der Waals surface area contributed by atoms with Gasteiger partial charge in [0, 0.05) is 51.0 Å². The van der Waals surface area contributed by atoms with Crippen molar-refractivity contribution in [2.75, 3.05) is 52.3 Å². The van der Waals surface area contributed by atoms with Crippen LogP contribution in [-0.2, 0) is 6.54 Å². The molecule has 1 N–H and O–H groups in total. The Kier molecular flexibility index (Phi) is 8.69. The quantitative estimate of drug-likeness (QED) is 0.392. The van der Waals surface area contributed by atoms with E-state index in [1.54, 1.807) is 14.2 Å². The Labute approximate surface area is 184 Å². The molecule has 0 unspecified atom stereocenters. The molecule has 1 aliphatic rings. The van der Waals surface area contributed by atoms with Gasteiger partial charge in [-0.1, -0.05) is 18.2 Å². The van der Waals surface area contributed by atoms with E-state index in [9.17, 15) is 0 Å². The van der Waals surface area contributed by atoms with E-state index in [4.69, 9.17) is 9.47 Å². The van der Waals surface area contributed by atoms with Gasteiger partial charge < -0.3 is 24.6 Å². The minimum atomic E-state index is 0. The van der Waals surface area contributed by atoms with Crippen LogP contribution in [0.25, 0.3) is 0 Å². The molecule has 6 nitrogen and oxygen atoms in total. The molecule has 1 aliphatic heterocycles. The lowest BCUT2D eigenvalue weighted by Crippen LogP contribution is -2.52. The maximum atomic E-state index is 5.43. The van der Waals surface area contributed by atoms with E-state index in [1.807, 2.05) is 37.4 Å². The fourth-order valence-corrected chi connectivity index (χ4v) is 3.33. The number of hydrogen-bond donors (Lipinski definition) is 1. The first-order chi connectivity index (χ1) is 13.2. The third kappa shape index (κ3) is 5.43. The number of benzene rings is 2. The summed E-state index contributed by atoms with van der Waals surface area (Å²) in [5.41, 5.74) is 2.35. The van der Waals surface area contributed by atoms with Gasteiger partial charge in [0.15, 0.2) is 5.96 Å². The Hall–Kier alpha value is -2.16. The third-order valence-electron chi connectivity index (χ3n) is 4.86. The minimum Gasteiger partial charge on any atom is -0.497 e. The summed E-state index contributed by atoms with van der Waals surface area (Å²) in [5, 5.41) is 3.46. The van der Waals surface area contributed by atoms with Gasteiger partial charge >= 0.3 is 0 Å². The number of nitrogens with one attached hydrogen (secondary N) is 1. The van der Waals surface area contributed by atoms with Gasteiger partial charge in [0.2, 0.25) is 0 Å². The lowest BCUT2D eigenvalue weighted by molar-refractivity contribution is 0.371. The number of anilines is 1. The highest BCUT2D eigenvalue weighted by Crippen LogP contribution is 2.21. The zero-order valence-electron chi connectivity index (χ0n) is 16.7. The van der Waals surface area contributed by atoms with Crippen LogP contribution in [0.4, 0.5) is 5.69 Å². The predicted octanol–water partition coefficient (Wildman–Crippen LogP) is 3.22. The van der Waals surface area contributed by atoms with Crippen LogP contribution >= 0.6 is 24.0 Å². The molecule has 2 aromatic rings. The van der Waals surface area contributed by atoms with Crippen LogP contribution < -0.4 is 19.7 Å². The molecule has 0 amide bonds. The molecular weight excluding hydrogens is 467 g/mol. The van der Waals surface area contributed by atoms with E-state index in [1.165, 1.54) is 5.69 Å². The molecule has 0 aliphatic carbocycles. The van der Waals surface area contributed by atoms with E-state index < -0.39 is 0 Å². The number of ether oxygens (including phenoxy) is 2. The number of halogens is 1. The number of methoxy groups -OCH3 is 2. The monoisotopic (exact) mass is 496 g/mol. The zero-order valence-corrected chi connectivity index (χ0v) is 19.1. The third-order valence-corrected chi connectivity index (χ3v) is 4.86. The summed E-state index contributed by atoms with van der Waals surface area (Å²) in [6.45, 7) is 4.47. The number of aliphatic imine (C=N–C) groups is 1. The average Bonchev–Trinajstić information content (AvgIpc) is 2.75. The maximum absolute atomic E-state index is 5.43. The van der Waals surface area contributed by atoms with Crippen molar-refractivity contribution in [1.29, 1.82) is 0 Å². The van der Waals surface area contributed by atoms with Gasteiger partial charge in [-0.15, -0.1) is 24.0 Å². The molecule has 2 aromatic carbocycles. The Morgan fingerprint density at radius 1 is 0.964 bits per heavy atom. The molecule has 152 valence electrons. The summed E-state index contributed by atoms with van der Waals surface area (Å²) in [4.78, 5) is 9.15. The molecule has 3 rings (SSSR count). The van der Waals surface area contributed by atoms with Crippen LogP contribution in [0.15, 0.2) is 53.5 Å². The Balaban J connectivity index is 0.00000280. The second-order valence-corrected chi connectivity index (χ2v) is 6.38. The molecule has 0 aromatic heterocycles. The van der Waals surface area contributed by atoms with Gasteiger partial charge in [0.05, 0.1) is 14.2 Å². The number of nitrogens with zero attached hydrogens (tertiary/aromatic N) is 3. The SMILES string of the molecule is CN=C(NCc1ccccc1OC)N1CCN(c2ccc(OC)cc2)CC1.I. The molecule has 1 saturated heterocycles. The summed E-state index contributed by atoms with van der Waals surface area (Å²) in [6.07, 6.45) is 0. The summed E-state index contributed by atoms with van der Waals surface area (Å²) in [5.74, 6) is 2.71. The van der Waals surface area contributed by atoms with Crippen molar-refractivity contribution in [2.45, 2.75) is 6.54 Å². The maximum Gasteiger partial charge on any atom is 0.194 e. The molecule has 0 spiro atoms. The Morgan fingerprint density at radius 2 is 1.64 bits per heavy atom. The summed E-state index contributed by atoms with van der Waals surface area (Å²) in [7, 11) is 5.23. The predicted molar refractivity (Wildman–Crippen MR) is 125 cm³/mol. The van der Waals surface area contributed by atoms with E-state index >= 15 is 0 Å². The molecular formula is C21H29IN4O2. The number of rotatable bonds is 5. The van der Waals surface area contributed by atoms with E-state index in [-0.39, 0.29) is 24.0 Å². The summed E-state index contributed by atoms with van der Waals surface area (Å²) < 4.78 is 10.7. The van der Waals surface area contributed by atoms with Crippen molar-refractivity contribution < 1.29 is 9.47 Å². The highest BCUT2D eigenvalue weighted by molar-refractivity contribution is 14.0. The number of para-hydroxylation sites is 1. The number of guanidine groups is 1. The van der Waals surface area contributed by atoms with Gasteiger partial charge in [-0.25, -0.2) is 0 Å². The van der Waals surface area contributed by atoms with Gasteiger partial charge in [0.1, 0.15) is 11.5 Å². The first-order valence-corrected chi connectivity index (χ1v) is 9.21. The average molecular weight is 496 g/mol. The van der Waals surface area contributed by atoms with E-state index in [0.29, 0.717) is 6.54 Å². The zero-order chi connectivity index (χ0) is 19.1. The van der Waals surface area contributed by atoms with Gasteiger partial charge in [0.25, 0.3) is 0 Å². The van der Waals surface area contributed by atoms with Crippen LogP contribution in [-0.4, -0.2) is 58.3 Å². The highest BCUT2D eigenvalue weighted by Gasteiger charge is 2.20. The van der Waals surface area contributed by atoms with Gasteiger partial charge in [-0.2, -0.15) is 0 Å². The van der Waals surface area contributed by atoms with Crippen LogP contribution in [0.1, 0.15) is 5.56 Å². The van der Waals surface area contributed by atoms with Gasteiger partial charge in [-0.3, -0.25) is 4.99 Å². The number of hydrogen-bond acceptors (Lipinski definition) is 4. The van der Waals surface area contributed by atoms with Crippen molar-refractivity contribution in [3.8, 4) is 11.5 Å². The second kappa shape index (κ2) is 11.0. The molecule has 0 atom stereocenters. The van der Waals surface area contributed by atoms with Crippen LogP contribution in [0.5, 0.6) is 11.5 Å². The molecule has 0 saturated carbocycles. The van der Waals surface area contributed by atoms with Crippen LogP contribution in [0, 0.1) is 0 Å². The van der Waals surface area contributed by atoms with Crippen molar-refractivity contribution in [3.63, 3.8) is 0 Å². The second-order valence-electron chi connectivity index (χ2n) is 6.38. The van der Waals surface area contributed by atoms with E-state index in [2.05, 4.69) is 38.3 Å². The van der Waals surface area contributed by atoms with Crippen LogP contribution in [0.3, 0.4) is 0 Å². The lowest BCUT2D eigenvalue weighted by Gasteiger charge is -2.37. The molecule has 28 heavy (non-hydrogen) atoms. The highest BCUT2D eigenvalue weighted by atomic mass is 127. The Bertz CT molecular complexity index is 759. The standard InChI is InChI=1S/C21H28N4O2.HI/c1-22-21(23-16-17-6-4-5-7-20(17)27-3)25-14-12-24(13-15-25)18-8-10-19(26-2)11-9-18;/h4-11H,12-16H2,1-3H3,(H,22,23);1H. The fraction of sp³-hybridized carbons (Fsp3) is 0.381. The first kappa shape index (κ1) is 22.1. The smallest absolute Gasteiger partial charge is 0.194 e. The topological polar surface area (TPSA) is 49.3 Å². The minimum absolute atomic E-state index is 0. The fourth-order valence-electron chi connectivity index (χ4n) is 3.33.